The SMILES string of the molecule is CC(C)(CCCC(S)C(F)(F)F)c1cnc2ccc(NC3CCC(C(C)(C)O)CC3)nn12. The quantitative estimate of drug-likeness (QED) is 0.426. The first-order valence-electron chi connectivity index (χ1n) is 11.4. The molecule has 1 atom stereocenters. The highest BCUT2D eigenvalue weighted by Crippen LogP contribution is 2.35. The van der Waals surface area contributed by atoms with Crippen LogP contribution in [-0.4, -0.2) is 42.8 Å². The molecule has 9 heteroatoms. The molecule has 0 amide bonds. The highest BCUT2D eigenvalue weighted by Gasteiger charge is 2.37. The lowest BCUT2D eigenvalue weighted by atomic mass is 9.77. The van der Waals surface area contributed by atoms with Crippen molar-refractivity contribution in [1.29, 1.82) is 0 Å². The summed E-state index contributed by atoms with van der Waals surface area (Å²) in [6.07, 6.45) is 2.35. The number of halogens is 3. The number of alkyl halides is 3. The number of thiol groups is 1. The van der Waals surface area contributed by atoms with Crippen molar-refractivity contribution in [2.75, 3.05) is 5.32 Å². The average molecular weight is 473 g/mol. The molecule has 1 unspecified atom stereocenters. The lowest BCUT2D eigenvalue weighted by Gasteiger charge is -2.36. The number of hydrogen-bond acceptors (Lipinski definition) is 5. The van der Waals surface area contributed by atoms with Crippen molar-refractivity contribution in [2.45, 2.75) is 101 Å². The molecule has 2 N–H and O–H groups in total. The summed E-state index contributed by atoms with van der Waals surface area (Å²) in [6, 6.07) is 4.12. The van der Waals surface area contributed by atoms with E-state index < -0.39 is 17.0 Å². The van der Waals surface area contributed by atoms with E-state index in [4.69, 9.17) is 5.10 Å². The van der Waals surface area contributed by atoms with Crippen LogP contribution in [0.15, 0.2) is 18.3 Å². The molecular weight excluding hydrogens is 437 g/mol. The van der Waals surface area contributed by atoms with Gasteiger partial charge >= 0.3 is 6.18 Å². The molecule has 2 aromatic rings. The van der Waals surface area contributed by atoms with Crippen LogP contribution in [0.2, 0.25) is 0 Å². The van der Waals surface area contributed by atoms with Crippen LogP contribution in [-0.2, 0) is 5.41 Å². The Hall–Kier alpha value is -1.48. The molecule has 0 saturated heterocycles. The number of hydrogen-bond donors (Lipinski definition) is 3. The van der Waals surface area contributed by atoms with Crippen molar-refractivity contribution in [2.24, 2.45) is 5.92 Å². The van der Waals surface area contributed by atoms with Gasteiger partial charge in [-0.2, -0.15) is 25.8 Å². The normalized spacial score (nSPS) is 21.7. The Kier molecular flexibility index (Phi) is 7.39. The largest absolute Gasteiger partial charge is 0.400 e. The highest BCUT2D eigenvalue weighted by atomic mass is 32.1. The fraction of sp³-hybridized carbons (Fsp3) is 0.739. The van der Waals surface area contributed by atoms with Gasteiger partial charge < -0.3 is 10.4 Å². The molecule has 1 aliphatic carbocycles. The summed E-state index contributed by atoms with van der Waals surface area (Å²) in [7, 11) is 0. The number of anilines is 1. The summed E-state index contributed by atoms with van der Waals surface area (Å²) < 4.78 is 40.0. The van der Waals surface area contributed by atoms with E-state index in [1.807, 2.05) is 39.8 Å². The summed E-state index contributed by atoms with van der Waals surface area (Å²) >= 11 is 3.69. The van der Waals surface area contributed by atoms with Crippen LogP contribution in [0.4, 0.5) is 19.0 Å². The van der Waals surface area contributed by atoms with Crippen molar-refractivity contribution in [3.63, 3.8) is 0 Å². The van der Waals surface area contributed by atoms with Crippen LogP contribution in [0, 0.1) is 5.92 Å². The van der Waals surface area contributed by atoms with E-state index in [-0.39, 0.29) is 11.8 Å². The first kappa shape index (κ1) is 25.1. The number of imidazole rings is 1. The van der Waals surface area contributed by atoms with Gasteiger partial charge in [0.15, 0.2) is 5.65 Å². The minimum atomic E-state index is -4.27. The zero-order valence-electron chi connectivity index (χ0n) is 19.3. The molecule has 1 saturated carbocycles. The number of nitrogens with one attached hydrogen (secondary N) is 1. The zero-order valence-corrected chi connectivity index (χ0v) is 20.2. The Bertz CT molecular complexity index is 899. The van der Waals surface area contributed by atoms with Crippen LogP contribution in [0.1, 0.15) is 78.3 Å². The maximum atomic E-state index is 12.7. The summed E-state index contributed by atoms with van der Waals surface area (Å²) in [4.78, 5) is 4.44. The molecule has 32 heavy (non-hydrogen) atoms. The molecule has 2 aromatic heterocycles. The Labute approximate surface area is 193 Å². The van der Waals surface area contributed by atoms with E-state index in [0.29, 0.717) is 30.4 Å². The fourth-order valence-corrected chi connectivity index (χ4v) is 4.78. The second-order valence-corrected chi connectivity index (χ2v) is 10.9. The Balaban J connectivity index is 1.66. The van der Waals surface area contributed by atoms with E-state index in [1.54, 1.807) is 10.7 Å². The lowest BCUT2D eigenvalue weighted by Crippen LogP contribution is -2.37. The summed E-state index contributed by atoms with van der Waals surface area (Å²) in [5, 5.41) is 16.9. The van der Waals surface area contributed by atoms with Crippen LogP contribution in [0.5, 0.6) is 0 Å². The van der Waals surface area contributed by atoms with Crippen molar-refractivity contribution >= 4 is 24.1 Å². The van der Waals surface area contributed by atoms with Crippen LogP contribution < -0.4 is 5.32 Å². The average Bonchev–Trinajstić information content (AvgIpc) is 3.11. The van der Waals surface area contributed by atoms with Gasteiger partial charge in [-0.25, -0.2) is 9.50 Å². The van der Waals surface area contributed by atoms with Crippen molar-refractivity contribution < 1.29 is 18.3 Å². The van der Waals surface area contributed by atoms with Gasteiger partial charge in [0.05, 0.1) is 22.7 Å². The molecule has 180 valence electrons. The molecule has 0 aromatic carbocycles. The minimum absolute atomic E-state index is 0.0136. The summed E-state index contributed by atoms with van der Waals surface area (Å²) in [5.74, 6) is 1.07. The topological polar surface area (TPSA) is 62.5 Å². The molecule has 3 rings (SSSR count). The third-order valence-corrected chi connectivity index (χ3v) is 7.34. The smallest absolute Gasteiger partial charge is 0.390 e. The number of nitrogens with zero attached hydrogens (tertiary/aromatic N) is 3. The van der Waals surface area contributed by atoms with Crippen molar-refractivity contribution in [3.8, 4) is 0 Å². The van der Waals surface area contributed by atoms with Crippen LogP contribution in [0.25, 0.3) is 5.65 Å². The van der Waals surface area contributed by atoms with Crippen LogP contribution >= 0.6 is 12.6 Å². The molecular formula is C23H35F3N4OS. The number of fused-ring (bicyclic) bond motifs is 1. The van der Waals surface area contributed by atoms with E-state index in [2.05, 4.69) is 22.9 Å². The van der Waals surface area contributed by atoms with Gasteiger partial charge in [0.1, 0.15) is 5.82 Å². The third-order valence-electron chi connectivity index (χ3n) is 6.79. The number of aliphatic hydroxyl groups is 1. The van der Waals surface area contributed by atoms with Gasteiger partial charge in [-0.05, 0) is 70.4 Å². The molecule has 1 aliphatic rings. The first-order chi connectivity index (χ1) is 14.8. The van der Waals surface area contributed by atoms with E-state index in [9.17, 15) is 18.3 Å². The van der Waals surface area contributed by atoms with E-state index >= 15 is 0 Å². The first-order valence-corrected chi connectivity index (χ1v) is 11.9. The second-order valence-electron chi connectivity index (χ2n) is 10.3. The zero-order chi connectivity index (χ0) is 23.7. The molecule has 0 aliphatic heterocycles. The minimum Gasteiger partial charge on any atom is -0.390 e. The highest BCUT2D eigenvalue weighted by molar-refractivity contribution is 7.81. The third kappa shape index (κ3) is 6.10. The molecule has 5 nitrogen and oxygen atoms in total. The van der Waals surface area contributed by atoms with E-state index in [0.717, 1.165) is 37.2 Å². The molecule has 1 fully saturated rings. The predicted molar refractivity (Wildman–Crippen MR) is 124 cm³/mol. The standard InChI is InChI=1S/C23H35F3N4OS/c1-21(2,13-5-6-18(32)23(24,25)26)17-14-27-20-12-11-19(29-30(17)20)28-16-9-7-15(8-10-16)22(3,4)31/h11-12,14-16,18,31-32H,5-10,13H2,1-4H3,(H,28,29). The maximum absolute atomic E-state index is 12.7. The molecule has 0 radical (unpaired) electrons. The van der Waals surface area contributed by atoms with Crippen molar-refractivity contribution in [1.82, 2.24) is 14.6 Å². The lowest BCUT2D eigenvalue weighted by molar-refractivity contribution is -0.129. The number of rotatable bonds is 8. The van der Waals surface area contributed by atoms with Gasteiger partial charge in [-0.15, -0.1) is 5.10 Å². The van der Waals surface area contributed by atoms with Gasteiger partial charge in [0.25, 0.3) is 0 Å². The Morgan fingerprint density at radius 1 is 1.16 bits per heavy atom. The molecule has 2 heterocycles. The number of aromatic nitrogens is 3. The second kappa shape index (κ2) is 9.41. The van der Waals surface area contributed by atoms with Gasteiger partial charge in [0, 0.05) is 11.5 Å². The Morgan fingerprint density at radius 2 is 1.81 bits per heavy atom. The van der Waals surface area contributed by atoms with E-state index in [1.165, 1.54) is 0 Å². The molecule has 0 bridgehead atoms. The van der Waals surface area contributed by atoms with Crippen molar-refractivity contribution in [3.05, 3.63) is 24.0 Å². The molecule has 0 spiro atoms. The Morgan fingerprint density at radius 3 is 2.41 bits per heavy atom. The predicted octanol–water partition coefficient (Wildman–Crippen LogP) is 5.78. The monoisotopic (exact) mass is 472 g/mol. The fourth-order valence-electron chi connectivity index (χ4n) is 4.59. The summed E-state index contributed by atoms with van der Waals surface area (Å²) in [6.45, 7) is 7.78. The van der Waals surface area contributed by atoms with Gasteiger partial charge in [-0.3, -0.25) is 0 Å². The maximum Gasteiger partial charge on any atom is 0.400 e. The van der Waals surface area contributed by atoms with Gasteiger partial charge in [0.2, 0.25) is 0 Å². The van der Waals surface area contributed by atoms with Crippen LogP contribution in [0.3, 0.4) is 0 Å². The summed E-state index contributed by atoms with van der Waals surface area (Å²) in [5.41, 5.74) is 0.567. The van der Waals surface area contributed by atoms with Gasteiger partial charge in [-0.1, -0.05) is 20.3 Å².